The molecule has 3 aliphatic heterocycles. The second-order valence-electron chi connectivity index (χ2n) is 11.9. The molecule has 8 unspecified atom stereocenters. The van der Waals surface area contributed by atoms with E-state index >= 15 is 0 Å². The minimum atomic E-state index is -1.17. The van der Waals surface area contributed by atoms with Crippen LogP contribution in [0.25, 0.3) is 0 Å². The van der Waals surface area contributed by atoms with E-state index in [1.807, 2.05) is 26.0 Å². The first-order valence-electron chi connectivity index (χ1n) is 14.3. The molecule has 212 valence electrons. The van der Waals surface area contributed by atoms with Crippen molar-refractivity contribution >= 4 is 35.0 Å². The number of carbonyl (C=O) groups is 3. The molecule has 8 nitrogen and oxygen atoms in total. The van der Waals surface area contributed by atoms with Gasteiger partial charge in [0.1, 0.15) is 11.6 Å². The predicted molar refractivity (Wildman–Crippen MR) is 149 cm³/mol. The lowest BCUT2D eigenvalue weighted by molar-refractivity contribution is -0.142. The number of carbonyl (C=O) groups excluding carboxylic acids is 3. The van der Waals surface area contributed by atoms with E-state index in [0.29, 0.717) is 42.1 Å². The van der Waals surface area contributed by atoms with E-state index in [9.17, 15) is 14.4 Å². The van der Waals surface area contributed by atoms with Crippen LogP contribution >= 0.6 is 11.6 Å². The number of nitrogens with zero attached hydrogens (tertiary/aromatic N) is 1. The highest BCUT2D eigenvalue weighted by molar-refractivity contribution is 6.30. The molecular weight excluding hydrogens is 518 g/mol. The Labute approximate surface area is 235 Å². The van der Waals surface area contributed by atoms with Crippen LogP contribution in [0.4, 0.5) is 5.69 Å². The van der Waals surface area contributed by atoms with Crippen LogP contribution in [-0.4, -0.2) is 65.7 Å². The predicted octanol–water partition coefficient (Wildman–Crippen LogP) is 4.19. The highest BCUT2D eigenvalue weighted by atomic mass is 35.5. The van der Waals surface area contributed by atoms with Crippen LogP contribution in [-0.2, 0) is 23.9 Å². The standard InChI is InChI=1S/C30H40ClN3O5/c1-17(2)38-16-6-15-34-26(28(36)33-22-8-5-7-18(3)19(22)4)30-14-13-23(39-30)24(25(30)29(34)37)27(35)32-21-11-9-20(31)10-12-21/h9-14,17-19,22-26H,5-8,15-16H2,1-4H3,(H,32,35)(H,33,36). The zero-order valence-electron chi connectivity index (χ0n) is 23.2. The first kappa shape index (κ1) is 28.1. The number of likely N-dealkylation sites (tertiary alicyclic amines) is 1. The third-order valence-electron chi connectivity index (χ3n) is 9.07. The van der Waals surface area contributed by atoms with Crippen molar-refractivity contribution in [3.63, 3.8) is 0 Å². The van der Waals surface area contributed by atoms with Gasteiger partial charge in [-0.25, -0.2) is 0 Å². The van der Waals surface area contributed by atoms with E-state index < -0.39 is 29.6 Å². The maximum Gasteiger partial charge on any atom is 0.246 e. The normalized spacial score (nSPS) is 35.0. The molecule has 2 saturated heterocycles. The Bertz CT molecular complexity index is 1120. The largest absolute Gasteiger partial charge is 0.379 e. The third kappa shape index (κ3) is 5.23. The maximum absolute atomic E-state index is 14.0. The van der Waals surface area contributed by atoms with Gasteiger partial charge in [0.2, 0.25) is 17.7 Å². The first-order chi connectivity index (χ1) is 18.6. The summed E-state index contributed by atoms with van der Waals surface area (Å²) in [6, 6.07) is 6.05. The van der Waals surface area contributed by atoms with Crippen molar-refractivity contribution in [3.05, 3.63) is 41.4 Å². The zero-order chi connectivity index (χ0) is 27.9. The summed E-state index contributed by atoms with van der Waals surface area (Å²) in [5.41, 5.74) is -0.580. The monoisotopic (exact) mass is 557 g/mol. The van der Waals surface area contributed by atoms with E-state index in [0.717, 1.165) is 19.3 Å². The Hall–Kier alpha value is -2.42. The quantitative estimate of drug-likeness (QED) is 0.351. The van der Waals surface area contributed by atoms with E-state index in [4.69, 9.17) is 21.1 Å². The highest BCUT2D eigenvalue weighted by Gasteiger charge is 2.72. The second-order valence-corrected chi connectivity index (χ2v) is 12.3. The summed E-state index contributed by atoms with van der Waals surface area (Å²) >= 11 is 6.00. The average molecular weight is 558 g/mol. The summed E-state index contributed by atoms with van der Waals surface area (Å²) in [5, 5.41) is 6.78. The fraction of sp³-hybridized carbons (Fsp3) is 0.633. The number of rotatable bonds is 9. The molecule has 2 N–H and O–H groups in total. The molecule has 4 aliphatic rings. The maximum atomic E-state index is 14.0. The van der Waals surface area contributed by atoms with Crippen molar-refractivity contribution in [1.29, 1.82) is 0 Å². The molecule has 1 spiro atoms. The summed E-state index contributed by atoms with van der Waals surface area (Å²) in [6.07, 6.45) is 6.93. The summed E-state index contributed by atoms with van der Waals surface area (Å²) < 4.78 is 12.2. The number of amides is 3. The highest BCUT2D eigenvalue weighted by Crippen LogP contribution is 2.55. The Morgan fingerprint density at radius 1 is 1.18 bits per heavy atom. The molecule has 1 aliphatic carbocycles. The van der Waals surface area contributed by atoms with Crippen LogP contribution in [0.2, 0.25) is 5.02 Å². The minimum absolute atomic E-state index is 0.0458. The Morgan fingerprint density at radius 3 is 2.64 bits per heavy atom. The molecular formula is C30H40ClN3O5. The van der Waals surface area contributed by atoms with Crippen LogP contribution in [0.5, 0.6) is 0 Å². The van der Waals surface area contributed by atoms with Gasteiger partial charge >= 0.3 is 0 Å². The number of hydrogen-bond acceptors (Lipinski definition) is 5. The van der Waals surface area contributed by atoms with Crippen LogP contribution in [0.3, 0.4) is 0 Å². The van der Waals surface area contributed by atoms with Crippen LogP contribution in [0.1, 0.15) is 53.4 Å². The molecule has 5 rings (SSSR count). The van der Waals surface area contributed by atoms with Gasteiger partial charge in [-0.3, -0.25) is 14.4 Å². The fourth-order valence-electron chi connectivity index (χ4n) is 6.87. The summed E-state index contributed by atoms with van der Waals surface area (Å²) in [4.78, 5) is 43.2. The van der Waals surface area contributed by atoms with Gasteiger partial charge in [0.15, 0.2) is 0 Å². The minimum Gasteiger partial charge on any atom is -0.379 e. The molecule has 3 heterocycles. The smallest absolute Gasteiger partial charge is 0.246 e. The van der Waals surface area contributed by atoms with Crippen molar-refractivity contribution in [1.82, 2.24) is 10.2 Å². The number of anilines is 1. The SMILES string of the molecule is CC(C)OCCCN1C(=O)C2C(C(=O)Nc3ccc(Cl)cc3)C3C=CC2(O3)C1C(=O)NC1CCCC(C)C1C. The molecule has 39 heavy (non-hydrogen) atoms. The van der Waals surface area contributed by atoms with Crippen LogP contribution in [0.15, 0.2) is 36.4 Å². The third-order valence-corrected chi connectivity index (χ3v) is 9.32. The molecule has 1 saturated carbocycles. The molecule has 8 atom stereocenters. The summed E-state index contributed by atoms with van der Waals surface area (Å²) in [6.45, 7) is 9.18. The molecule has 0 aromatic heterocycles. The van der Waals surface area contributed by atoms with Crippen molar-refractivity contribution in [2.24, 2.45) is 23.7 Å². The van der Waals surface area contributed by atoms with Gasteiger partial charge in [-0.15, -0.1) is 0 Å². The van der Waals surface area contributed by atoms with E-state index in [-0.39, 0.29) is 29.9 Å². The summed E-state index contributed by atoms with van der Waals surface area (Å²) in [7, 11) is 0. The number of ether oxygens (including phenoxy) is 2. The topological polar surface area (TPSA) is 97.0 Å². The van der Waals surface area contributed by atoms with Crippen LogP contribution in [0, 0.1) is 23.7 Å². The van der Waals surface area contributed by atoms with Gasteiger partial charge < -0.3 is 25.0 Å². The molecule has 2 bridgehead atoms. The summed E-state index contributed by atoms with van der Waals surface area (Å²) in [5.74, 6) is -1.37. The number of benzene rings is 1. The lowest BCUT2D eigenvalue weighted by atomic mass is 9.73. The average Bonchev–Trinajstić information content (AvgIpc) is 3.53. The lowest BCUT2D eigenvalue weighted by Gasteiger charge is -2.38. The fourth-order valence-corrected chi connectivity index (χ4v) is 6.99. The number of hydrogen-bond donors (Lipinski definition) is 2. The van der Waals surface area contributed by atoms with Crippen molar-refractivity contribution in [2.75, 3.05) is 18.5 Å². The van der Waals surface area contributed by atoms with Crippen molar-refractivity contribution in [3.8, 4) is 0 Å². The number of halogens is 1. The van der Waals surface area contributed by atoms with E-state index in [1.165, 1.54) is 0 Å². The molecule has 3 amide bonds. The lowest BCUT2D eigenvalue weighted by Crippen LogP contribution is -2.58. The molecule has 1 aromatic carbocycles. The van der Waals surface area contributed by atoms with Gasteiger partial charge in [-0.05, 0) is 62.8 Å². The number of nitrogens with one attached hydrogen (secondary N) is 2. The molecule has 1 aromatic rings. The Balaban J connectivity index is 1.40. The number of fused-ring (bicyclic) bond motifs is 1. The van der Waals surface area contributed by atoms with E-state index in [2.05, 4.69) is 24.5 Å². The van der Waals surface area contributed by atoms with Crippen LogP contribution < -0.4 is 10.6 Å². The van der Waals surface area contributed by atoms with Gasteiger partial charge in [0.05, 0.1) is 24.0 Å². The van der Waals surface area contributed by atoms with Gasteiger partial charge in [-0.1, -0.05) is 50.4 Å². The Morgan fingerprint density at radius 2 is 1.92 bits per heavy atom. The molecule has 3 fully saturated rings. The zero-order valence-corrected chi connectivity index (χ0v) is 23.9. The van der Waals surface area contributed by atoms with Gasteiger partial charge in [0.25, 0.3) is 0 Å². The van der Waals surface area contributed by atoms with Gasteiger partial charge in [-0.2, -0.15) is 0 Å². The second kappa shape index (κ2) is 11.2. The van der Waals surface area contributed by atoms with Crippen molar-refractivity contribution in [2.45, 2.75) is 83.3 Å². The van der Waals surface area contributed by atoms with Gasteiger partial charge in [0, 0.05) is 29.9 Å². The first-order valence-corrected chi connectivity index (χ1v) is 14.7. The Kier molecular flexibility index (Phi) is 8.09. The molecule has 0 radical (unpaired) electrons. The van der Waals surface area contributed by atoms with E-state index in [1.54, 1.807) is 29.2 Å². The van der Waals surface area contributed by atoms with Crippen molar-refractivity contribution < 1.29 is 23.9 Å². The molecule has 9 heteroatoms.